The summed E-state index contributed by atoms with van der Waals surface area (Å²) in [5.41, 5.74) is 1.85. The summed E-state index contributed by atoms with van der Waals surface area (Å²) in [5, 5.41) is 3.66. The maximum atomic E-state index is 13.4. The molecule has 3 atom stereocenters. The van der Waals surface area contributed by atoms with E-state index < -0.39 is 0 Å². The molecule has 3 heterocycles. The van der Waals surface area contributed by atoms with Crippen molar-refractivity contribution >= 4 is 11.0 Å². The Morgan fingerprint density at radius 2 is 2.32 bits per heavy atom. The lowest BCUT2D eigenvalue weighted by atomic mass is 9.88. The quantitative estimate of drug-likeness (QED) is 0.898. The van der Waals surface area contributed by atoms with Gasteiger partial charge in [0.2, 0.25) is 0 Å². The Hall–Kier alpha value is -1.42. The minimum absolute atomic E-state index is 0.181. The van der Waals surface area contributed by atoms with Crippen LogP contribution >= 0.6 is 0 Å². The van der Waals surface area contributed by atoms with Crippen LogP contribution < -0.4 is 5.32 Å². The number of benzene rings is 1. The predicted octanol–water partition coefficient (Wildman–Crippen LogP) is 2.80. The van der Waals surface area contributed by atoms with E-state index in [9.17, 15) is 4.39 Å². The van der Waals surface area contributed by atoms with E-state index in [1.807, 2.05) is 0 Å². The van der Waals surface area contributed by atoms with Gasteiger partial charge in [-0.3, -0.25) is 0 Å². The van der Waals surface area contributed by atoms with E-state index in [0.29, 0.717) is 18.0 Å². The van der Waals surface area contributed by atoms with Crippen LogP contribution in [0.4, 0.5) is 4.39 Å². The number of nitrogens with zero attached hydrogens (tertiary/aromatic N) is 2. The highest BCUT2D eigenvalue weighted by atomic mass is 19.1. The Morgan fingerprint density at radius 3 is 3.00 bits per heavy atom. The number of aryl methyl sites for hydroxylation is 1. The molecule has 1 N–H and O–H groups in total. The van der Waals surface area contributed by atoms with Crippen molar-refractivity contribution in [3.8, 4) is 0 Å². The van der Waals surface area contributed by atoms with E-state index >= 15 is 0 Å². The lowest BCUT2D eigenvalue weighted by molar-refractivity contribution is 0.471. The van der Waals surface area contributed by atoms with Gasteiger partial charge in [-0.05, 0) is 44.4 Å². The first-order valence-electron chi connectivity index (χ1n) is 7.18. The molecular formula is C15H18FN3. The van der Waals surface area contributed by atoms with E-state index in [4.69, 9.17) is 4.98 Å². The maximum Gasteiger partial charge on any atom is 0.125 e. The van der Waals surface area contributed by atoms with Crippen LogP contribution in [-0.4, -0.2) is 21.6 Å². The molecule has 0 spiro atoms. The summed E-state index contributed by atoms with van der Waals surface area (Å²) in [4.78, 5) is 4.78. The summed E-state index contributed by atoms with van der Waals surface area (Å²) >= 11 is 0. The highest BCUT2D eigenvalue weighted by molar-refractivity contribution is 5.76. The van der Waals surface area contributed by atoms with Crippen LogP contribution in [0.5, 0.6) is 0 Å². The summed E-state index contributed by atoms with van der Waals surface area (Å²) in [5.74, 6) is 1.46. The van der Waals surface area contributed by atoms with Gasteiger partial charge < -0.3 is 9.88 Å². The fourth-order valence-corrected chi connectivity index (χ4v) is 3.84. The van der Waals surface area contributed by atoms with Gasteiger partial charge in [-0.15, -0.1) is 0 Å². The van der Waals surface area contributed by atoms with Gasteiger partial charge in [0.15, 0.2) is 0 Å². The van der Waals surface area contributed by atoms with E-state index in [0.717, 1.165) is 23.4 Å². The van der Waals surface area contributed by atoms with Gasteiger partial charge in [0, 0.05) is 24.5 Å². The van der Waals surface area contributed by atoms with Crippen molar-refractivity contribution < 1.29 is 4.39 Å². The number of aromatic nitrogens is 2. The fraction of sp³-hybridized carbons (Fsp3) is 0.533. The number of fused-ring (bicyclic) bond motifs is 3. The average Bonchev–Trinajstić information content (AvgIpc) is 3.10. The van der Waals surface area contributed by atoms with Crippen molar-refractivity contribution in [3.63, 3.8) is 0 Å². The van der Waals surface area contributed by atoms with Crippen LogP contribution in [0.3, 0.4) is 0 Å². The largest absolute Gasteiger partial charge is 0.328 e. The summed E-state index contributed by atoms with van der Waals surface area (Å²) in [6.07, 6.45) is 3.72. The Kier molecular flexibility index (Phi) is 2.42. The molecule has 2 bridgehead atoms. The third-order valence-electron chi connectivity index (χ3n) is 4.69. The zero-order chi connectivity index (χ0) is 13.0. The Labute approximate surface area is 111 Å². The molecule has 3 nitrogen and oxygen atoms in total. The van der Waals surface area contributed by atoms with Crippen LogP contribution in [0, 0.1) is 5.82 Å². The third kappa shape index (κ3) is 1.62. The molecule has 2 saturated heterocycles. The molecule has 0 radical (unpaired) electrons. The summed E-state index contributed by atoms with van der Waals surface area (Å²) in [6, 6.07) is 6.13. The number of imidazole rings is 1. The van der Waals surface area contributed by atoms with Crippen LogP contribution in [-0.2, 0) is 6.54 Å². The van der Waals surface area contributed by atoms with Gasteiger partial charge in [-0.1, -0.05) is 0 Å². The smallest absolute Gasteiger partial charge is 0.125 e. The topological polar surface area (TPSA) is 29.9 Å². The standard InChI is InChI=1S/C15H18FN3/c1-2-19-14-7-9(16)3-5-13(14)18-15(19)11-8-10-4-6-12(11)17-10/h3,5,7,10-12,17H,2,4,6,8H2,1H3. The maximum absolute atomic E-state index is 13.4. The van der Waals surface area contributed by atoms with Gasteiger partial charge in [-0.25, -0.2) is 9.37 Å². The normalized spacial score (nSPS) is 29.5. The molecule has 0 aliphatic carbocycles. The number of hydrogen-bond acceptors (Lipinski definition) is 2. The molecule has 2 aliphatic heterocycles. The molecule has 0 saturated carbocycles. The first kappa shape index (κ1) is 11.4. The SMILES string of the molecule is CCn1c(C2CC3CCC2N3)nc2ccc(F)cc21. The van der Waals surface area contributed by atoms with Gasteiger partial charge in [0.05, 0.1) is 11.0 Å². The van der Waals surface area contributed by atoms with Crippen LogP contribution in [0.15, 0.2) is 18.2 Å². The van der Waals surface area contributed by atoms with Crippen molar-refractivity contribution in [2.45, 2.75) is 50.7 Å². The molecule has 1 aromatic carbocycles. The fourth-order valence-electron chi connectivity index (χ4n) is 3.84. The monoisotopic (exact) mass is 259 g/mol. The molecule has 19 heavy (non-hydrogen) atoms. The number of halogens is 1. The molecule has 4 rings (SSSR count). The van der Waals surface area contributed by atoms with E-state index in [1.165, 1.54) is 25.3 Å². The molecule has 4 heteroatoms. The van der Waals surface area contributed by atoms with Gasteiger partial charge in [-0.2, -0.15) is 0 Å². The van der Waals surface area contributed by atoms with Gasteiger partial charge >= 0.3 is 0 Å². The summed E-state index contributed by atoms with van der Waals surface area (Å²) in [7, 11) is 0. The van der Waals surface area contributed by atoms with Gasteiger partial charge in [0.25, 0.3) is 0 Å². The number of hydrogen-bond donors (Lipinski definition) is 1. The van der Waals surface area contributed by atoms with E-state index in [1.54, 1.807) is 12.1 Å². The predicted molar refractivity (Wildman–Crippen MR) is 72.7 cm³/mol. The minimum Gasteiger partial charge on any atom is -0.328 e. The van der Waals surface area contributed by atoms with Crippen molar-refractivity contribution in [3.05, 3.63) is 29.8 Å². The third-order valence-corrected chi connectivity index (χ3v) is 4.69. The van der Waals surface area contributed by atoms with Crippen molar-refractivity contribution in [2.24, 2.45) is 0 Å². The first-order valence-corrected chi connectivity index (χ1v) is 7.18. The average molecular weight is 259 g/mol. The number of rotatable bonds is 2. The second kappa shape index (κ2) is 4.04. The van der Waals surface area contributed by atoms with Crippen molar-refractivity contribution in [1.82, 2.24) is 14.9 Å². The Balaban J connectivity index is 1.85. The lowest BCUT2D eigenvalue weighted by Gasteiger charge is -2.20. The molecule has 1 aromatic heterocycles. The van der Waals surface area contributed by atoms with Crippen LogP contribution in [0.25, 0.3) is 11.0 Å². The Morgan fingerprint density at radius 1 is 1.42 bits per heavy atom. The molecule has 100 valence electrons. The van der Waals surface area contributed by atoms with E-state index in [-0.39, 0.29) is 5.82 Å². The lowest BCUT2D eigenvalue weighted by Crippen LogP contribution is -2.23. The molecule has 3 unspecified atom stereocenters. The second-order valence-corrected chi connectivity index (χ2v) is 5.74. The highest BCUT2D eigenvalue weighted by Gasteiger charge is 2.41. The summed E-state index contributed by atoms with van der Waals surface area (Å²) in [6.45, 7) is 2.96. The van der Waals surface area contributed by atoms with Crippen molar-refractivity contribution in [2.75, 3.05) is 0 Å². The van der Waals surface area contributed by atoms with E-state index in [2.05, 4.69) is 16.8 Å². The molecular weight excluding hydrogens is 241 g/mol. The summed E-state index contributed by atoms with van der Waals surface area (Å²) < 4.78 is 15.6. The molecule has 2 aliphatic rings. The Bertz CT molecular complexity index is 634. The zero-order valence-corrected chi connectivity index (χ0v) is 11.1. The highest BCUT2D eigenvalue weighted by Crippen LogP contribution is 2.40. The first-order chi connectivity index (χ1) is 9.26. The van der Waals surface area contributed by atoms with Crippen LogP contribution in [0.2, 0.25) is 0 Å². The van der Waals surface area contributed by atoms with Crippen molar-refractivity contribution in [1.29, 1.82) is 0 Å². The molecule has 0 amide bonds. The van der Waals surface area contributed by atoms with Crippen LogP contribution in [0.1, 0.15) is 37.9 Å². The second-order valence-electron chi connectivity index (χ2n) is 5.74. The van der Waals surface area contributed by atoms with Gasteiger partial charge in [0.1, 0.15) is 11.6 Å². The molecule has 2 aromatic rings. The zero-order valence-electron chi connectivity index (χ0n) is 11.1. The minimum atomic E-state index is -0.181. The molecule has 2 fully saturated rings. The number of nitrogens with one attached hydrogen (secondary N) is 1.